The van der Waals surface area contributed by atoms with Gasteiger partial charge in [-0.1, -0.05) is 0 Å². The second kappa shape index (κ2) is 6.15. The Balaban J connectivity index is 1.72. The molecule has 2 rings (SSSR count). The number of furan rings is 1. The van der Waals surface area contributed by atoms with E-state index in [1.54, 1.807) is 24.3 Å². The number of nitrogens with two attached hydrogens (primary N) is 1. The molecule has 6 heteroatoms. The van der Waals surface area contributed by atoms with Crippen LogP contribution in [0.5, 0.6) is 5.75 Å². The Labute approximate surface area is 115 Å². The van der Waals surface area contributed by atoms with Crippen molar-refractivity contribution in [3.63, 3.8) is 0 Å². The van der Waals surface area contributed by atoms with Crippen molar-refractivity contribution in [3.05, 3.63) is 47.4 Å². The number of nitrogen functional groups attached to an aromatic ring is 1. The molecule has 0 spiro atoms. The lowest BCUT2D eigenvalue weighted by Gasteiger charge is -2.07. The highest BCUT2D eigenvalue weighted by molar-refractivity contribution is 6.29. The number of hydrogen-bond donors (Lipinski definition) is 2. The fraction of sp³-hybridized carbons (Fsp3) is 0.154. The highest BCUT2D eigenvalue weighted by Crippen LogP contribution is 2.13. The number of rotatable bonds is 5. The third-order valence-electron chi connectivity index (χ3n) is 2.33. The van der Waals surface area contributed by atoms with Gasteiger partial charge in [-0.05, 0) is 48.0 Å². The number of anilines is 1. The maximum Gasteiger partial charge on any atom is 0.287 e. The lowest BCUT2D eigenvalue weighted by Crippen LogP contribution is -2.27. The van der Waals surface area contributed by atoms with E-state index in [4.69, 9.17) is 26.5 Å². The van der Waals surface area contributed by atoms with Gasteiger partial charge in [-0.3, -0.25) is 4.79 Å². The van der Waals surface area contributed by atoms with Crippen LogP contribution < -0.4 is 15.8 Å². The van der Waals surface area contributed by atoms with Crippen LogP contribution in [-0.2, 0) is 0 Å². The average Bonchev–Trinajstić information content (AvgIpc) is 2.83. The number of nitrogens with one attached hydrogen (secondary N) is 1. The quantitative estimate of drug-likeness (QED) is 0.651. The monoisotopic (exact) mass is 280 g/mol. The lowest BCUT2D eigenvalue weighted by atomic mass is 10.3. The van der Waals surface area contributed by atoms with Crippen LogP contribution in [0.1, 0.15) is 10.6 Å². The summed E-state index contributed by atoms with van der Waals surface area (Å²) in [6.45, 7) is 0.714. The Morgan fingerprint density at radius 1 is 1.26 bits per heavy atom. The van der Waals surface area contributed by atoms with Crippen molar-refractivity contribution < 1.29 is 13.9 Å². The summed E-state index contributed by atoms with van der Waals surface area (Å²) in [5.74, 6) is 0.551. The summed E-state index contributed by atoms with van der Waals surface area (Å²) in [6.07, 6.45) is 0. The summed E-state index contributed by atoms with van der Waals surface area (Å²) < 4.78 is 10.4. The van der Waals surface area contributed by atoms with Crippen LogP contribution in [0.25, 0.3) is 0 Å². The molecule has 1 heterocycles. The van der Waals surface area contributed by atoms with Gasteiger partial charge < -0.3 is 20.2 Å². The van der Waals surface area contributed by atoms with Crippen LogP contribution >= 0.6 is 11.6 Å². The molecule has 0 aliphatic heterocycles. The van der Waals surface area contributed by atoms with Gasteiger partial charge >= 0.3 is 0 Å². The molecule has 0 aliphatic rings. The third kappa shape index (κ3) is 3.93. The van der Waals surface area contributed by atoms with Gasteiger partial charge in [0.05, 0.1) is 6.54 Å². The van der Waals surface area contributed by atoms with Gasteiger partial charge in [-0.2, -0.15) is 0 Å². The molecule has 0 radical (unpaired) electrons. The number of benzene rings is 1. The highest BCUT2D eigenvalue weighted by atomic mass is 35.5. The average molecular weight is 281 g/mol. The zero-order valence-electron chi connectivity index (χ0n) is 10.1. The first-order valence-electron chi connectivity index (χ1n) is 5.67. The van der Waals surface area contributed by atoms with Crippen LogP contribution in [0, 0.1) is 0 Å². The molecule has 19 heavy (non-hydrogen) atoms. The minimum atomic E-state index is -0.326. The molecule has 100 valence electrons. The van der Waals surface area contributed by atoms with E-state index in [0.717, 1.165) is 0 Å². The molecule has 0 unspecified atom stereocenters. The topological polar surface area (TPSA) is 77.5 Å². The van der Waals surface area contributed by atoms with Crippen molar-refractivity contribution in [1.82, 2.24) is 5.32 Å². The van der Waals surface area contributed by atoms with Crippen molar-refractivity contribution in [2.24, 2.45) is 0 Å². The fourth-order valence-electron chi connectivity index (χ4n) is 1.42. The molecule has 0 atom stereocenters. The summed E-state index contributed by atoms with van der Waals surface area (Å²) in [5.41, 5.74) is 6.23. The Morgan fingerprint density at radius 2 is 2.00 bits per heavy atom. The van der Waals surface area contributed by atoms with Crippen molar-refractivity contribution in [3.8, 4) is 5.75 Å². The largest absolute Gasteiger partial charge is 0.492 e. The molecule has 1 amide bonds. The number of halogens is 1. The molecule has 5 nitrogen and oxygen atoms in total. The second-order valence-electron chi connectivity index (χ2n) is 3.78. The summed E-state index contributed by atoms with van der Waals surface area (Å²) in [7, 11) is 0. The number of ether oxygens (including phenoxy) is 1. The van der Waals surface area contributed by atoms with Crippen LogP contribution in [0.4, 0.5) is 5.69 Å². The van der Waals surface area contributed by atoms with Gasteiger partial charge in [-0.25, -0.2) is 0 Å². The summed E-state index contributed by atoms with van der Waals surface area (Å²) >= 11 is 5.58. The summed E-state index contributed by atoms with van der Waals surface area (Å²) in [5, 5.41) is 2.84. The van der Waals surface area contributed by atoms with Crippen LogP contribution in [0.15, 0.2) is 40.8 Å². The van der Waals surface area contributed by atoms with Gasteiger partial charge in [0.2, 0.25) is 0 Å². The van der Waals surface area contributed by atoms with E-state index in [0.29, 0.717) is 24.6 Å². The van der Waals surface area contributed by atoms with Crippen molar-refractivity contribution in [1.29, 1.82) is 0 Å². The van der Waals surface area contributed by atoms with E-state index in [9.17, 15) is 4.79 Å². The maximum absolute atomic E-state index is 11.6. The first-order valence-corrected chi connectivity index (χ1v) is 6.05. The Kier molecular flexibility index (Phi) is 4.30. The fourth-order valence-corrected chi connectivity index (χ4v) is 1.57. The molecular weight excluding hydrogens is 268 g/mol. The zero-order chi connectivity index (χ0) is 13.7. The molecule has 1 aromatic carbocycles. The van der Waals surface area contributed by atoms with E-state index in [2.05, 4.69) is 5.32 Å². The predicted octanol–water partition coefficient (Wildman–Crippen LogP) is 2.32. The Hall–Kier alpha value is -2.14. The first kappa shape index (κ1) is 13.3. The van der Waals surface area contributed by atoms with E-state index in [1.165, 1.54) is 12.1 Å². The van der Waals surface area contributed by atoms with Gasteiger partial charge in [-0.15, -0.1) is 0 Å². The van der Waals surface area contributed by atoms with Gasteiger partial charge in [0.25, 0.3) is 5.91 Å². The van der Waals surface area contributed by atoms with Gasteiger partial charge in [0, 0.05) is 5.69 Å². The second-order valence-corrected chi connectivity index (χ2v) is 4.15. The van der Waals surface area contributed by atoms with Crippen LogP contribution in [0.2, 0.25) is 5.22 Å². The molecule has 0 saturated carbocycles. The zero-order valence-corrected chi connectivity index (χ0v) is 10.8. The minimum Gasteiger partial charge on any atom is -0.492 e. The minimum absolute atomic E-state index is 0.178. The molecule has 0 aliphatic carbocycles. The molecule has 3 N–H and O–H groups in total. The Morgan fingerprint density at radius 3 is 2.63 bits per heavy atom. The van der Waals surface area contributed by atoms with Gasteiger partial charge in [0.15, 0.2) is 11.0 Å². The van der Waals surface area contributed by atoms with Crippen molar-refractivity contribution in [2.45, 2.75) is 0 Å². The van der Waals surface area contributed by atoms with Crippen molar-refractivity contribution >= 4 is 23.2 Å². The van der Waals surface area contributed by atoms with E-state index < -0.39 is 0 Å². The summed E-state index contributed by atoms with van der Waals surface area (Å²) in [4.78, 5) is 11.6. The Bertz CT molecular complexity index is 551. The molecule has 0 bridgehead atoms. The SMILES string of the molecule is Nc1ccc(OCCNC(=O)c2ccc(Cl)o2)cc1. The summed E-state index contributed by atoms with van der Waals surface area (Å²) in [6, 6.07) is 10.1. The standard InChI is InChI=1S/C13H13ClN2O3/c14-12-6-5-11(19-12)13(17)16-7-8-18-10-3-1-9(15)2-4-10/h1-6H,7-8,15H2,(H,16,17). The van der Waals surface area contributed by atoms with E-state index >= 15 is 0 Å². The first-order chi connectivity index (χ1) is 9.15. The smallest absolute Gasteiger partial charge is 0.287 e. The van der Waals surface area contributed by atoms with E-state index in [-0.39, 0.29) is 16.9 Å². The maximum atomic E-state index is 11.6. The molecule has 0 saturated heterocycles. The highest BCUT2D eigenvalue weighted by Gasteiger charge is 2.09. The normalized spacial score (nSPS) is 10.2. The molecule has 1 aromatic heterocycles. The predicted molar refractivity (Wildman–Crippen MR) is 72.4 cm³/mol. The number of hydrogen-bond acceptors (Lipinski definition) is 4. The lowest BCUT2D eigenvalue weighted by molar-refractivity contribution is 0.0919. The van der Waals surface area contributed by atoms with E-state index in [1.807, 2.05) is 0 Å². The van der Waals surface area contributed by atoms with Crippen LogP contribution in [0.3, 0.4) is 0 Å². The van der Waals surface area contributed by atoms with Gasteiger partial charge in [0.1, 0.15) is 12.4 Å². The number of amides is 1. The molecular formula is C13H13ClN2O3. The molecule has 0 fully saturated rings. The van der Waals surface area contributed by atoms with Crippen LogP contribution in [-0.4, -0.2) is 19.1 Å². The number of carbonyl (C=O) groups excluding carboxylic acids is 1. The van der Waals surface area contributed by atoms with Crippen molar-refractivity contribution in [2.75, 3.05) is 18.9 Å². The third-order valence-corrected chi connectivity index (χ3v) is 2.54. The number of carbonyl (C=O) groups is 1. The molecule has 2 aromatic rings.